The fraction of sp³-hybridized carbons (Fsp3) is 0.250. The van der Waals surface area contributed by atoms with E-state index in [1.807, 2.05) is 43.3 Å². The van der Waals surface area contributed by atoms with Crippen molar-refractivity contribution in [1.29, 1.82) is 0 Å². The van der Waals surface area contributed by atoms with Gasteiger partial charge in [0.05, 0.1) is 7.11 Å². The summed E-state index contributed by atoms with van der Waals surface area (Å²) < 4.78 is 7.78. The first-order chi connectivity index (χ1) is 15.4. The zero-order chi connectivity index (χ0) is 22.8. The summed E-state index contributed by atoms with van der Waals surface area (Å²) in [6.45, 7) is 5.86. The first kappa shape index (κ1) is 21.3. The van der Waals surface area contributed by atoms with Crippen molar-refractivity contribution >= 4 is 17.2 Å². The van der Waals surface area contributed by atoms with Crippen LogP contribution in [0.3, 0.4) is 0 Å². The number of carbonyl (C=O) groups is 1. The Bertz CT molecular complexity index is 1320. The van der Waals surface area contributed by atoms with E-state index in [2.05, 4.69) is 29.2 Å². The molecule has 32 heavy (non-hydrogen) atoms. The number of hydrogen-bond donors (Lipinski definition) is 1. The lowest BCUT2D eigenvalue weighted by Gasteiger charge is -2.08. The van der Waals surface area contributed by atoms with Crippen LogP contribution in [0, 0.1) is 6.92 Å². The molecule has 0 aliphatic rings. The van der Waals surface area contributed by atoms with Crippen molar-refractivity contribution in [2.45, 2.75) is 33.2 Å². The molecule has 0 saturated heterocycles. The first-order valence-electron chi connectivity index (χ1n) is 10.4. The van der Waals surface area contributed by atoms with E-state index in [1.54, 1.807) is 25.3 Å². The lowest BCUT2D eigenvalue weighted by molar-refractivity contribution is -0.117. The second kappa shape index (κ2) is 8.66. The maximum absolute atomic E-state index is 13.1. The summed E-state index contributed by atoms with van der Waals surface area (Å²) in [4.78, 5) is 30.2. The van der Waals surface area contributed by atoms with Gasteiger partial charge in [-0.2, -0.15) is 0 Å². The maximum Gasteiger partial charge on any atom is 0.352 e. The minimum absolute atomic E-state index is 0.201. The quantitative estimate of drug-likeness (QED) is 0.503. The topological polar surface area (TPSA) is 90.5 Å². The number of aryl methyl sites for hydroxylation is 1. The van der Waals surface area contributed by atoms with Gasteiger partial charge in [-0.15, -0.1) is 5.10 Å². The van der Waals surface area contributed by atoms with E-state index in [1.165, 1.54) is 9.96 Å². The molecular weight excluding hydrogens is 406 g/mol. The largest absolute Gasteiger partial charge is 0.497 e. The van der Waals surface area contributed by atoms with E-state index in [4.69, 9.17) is 4.74 Å². The minimum atomic E-state index is -0.427. The van der Waals surface area contributed by atoms with Crippen LogP contribution in [0.1, 0.15) is 31.0 Å². The van der Waals surface area contributed by atoms with E-state index in [0.717, 1.165) is 15.9 Å². The highest BCUT2D eigenvalue weighted by atomic mass is 16.5. The molecule has 0 atom stereocenters. The first-order valence-corrected chi connectivity index (χ1v) is 10.4. The lowest BCUT2D eigenvalue weighted by atomic mass is 10.0. The molecule has 0 saturated carbocycles. The summed E-state index contributed by atoms with van der Waals surface area (Å²) >= 11 is 0. The normalized spacial score (nSPS) is 11.2. The fourth-order valence-electron chi connectivity index (χ4n) is 3.48. The Morgan fingerprint density at radius 3 is 2.41 bits per heavy atom. The lowest BCUT2D eigenvalue weighted by Crippen LogP contribution is -2.28. The van der Waals surface area contributed by atoms with E-state index in [-0.39, 0.29) is 12.5 Å². The highest BCUT2D eigenvalue weighted by Crippen LogP contribution is 2.21. The van der Waals surface area contributed by atoms with Gasteiger partial charge in [-0.3, -0.25) is 4.79 Å². The molecule has 0 bridgehead atoms. The molecule has 0 fully saturated rings. The van der Waals surface area contributed by atoms with E-state index in [0.29, 0.717) is 28.8 Å². The van der Waals surface area contributed by atoms with Crippen molar-refractivity contribution < 1.29 is 9.53 Å². The van der Waals surface area contributed by atoms with Crippen molar-refractivity contribution in [3.63, 3.8) is 0 Å². The Hall–Kier alpha value is -3.94. The second-order valence-electron chi connectivity index (χ2n) is 7.91. The summed E-state index contributed by atoms with van der Waals surface area (Å²) in [5.41, 5.74) is 3.33. The number of nitrogens with zero attached hydrogens (tertiary/aromatic N) is 4. The average Bonchev–Trinajstić information content (AvgIpc) is 3.08. The molecule has 8 heteroatoms. The minimum Gasteiger partial charge on any atom is -0.497 e. The number of hydrogen-bond acceptors (Lipinski definition) is 5. The summed E-state index contributed by atoms with van der Waals surface area (Å²) in [6, 6.07) is 16.7. The summed E-state index contributed by atoms with van der Waals surface area (Å²) in [5, 5.41) is 7.17. The molecule has 2 aromatic heterocycles. The zero-order valence-corrected chi connectivity index (χ0v) is 18.5. The molecule has 0 aliphatic heterocycles. The van der Waals surface area contributed by atoms with Crippen LogP contribution in [-0.2, 0) is 11.3 Å². The number of aromatic nitrogens is 4. The number of fused-ring (bicyclic) bond motifs is 1. The van der Waals surface area contributed by atoms with Gasteiger partial charge in [0.2, 0.25) is 5.91 Å². The third kappa shape index (κ3) is 4.25. The van der Waals surface area contributed by atoms with Gasteiger partial charge in [0.15, 0.2) is 5.65 Å². The molecule has 164 valence electrons. The number of ether oxygens (including phenoxy) is 1. The summed E-state index contributed by atoms with van der Waals surface area (Å²) in [7, 11) is 1.59. The Morgan fingerprint density at radius 1 is 1.09 bits per heavy atom. The number of amides is 1. The molecule has 2 aromatic carbocycles. The number of carbonyl (C=O) groups excluding carboxylic acids is 1. The van der Waals surface area contributed by atoms with Gasteiger partial charge in [-0.05, 0) is 54.8 Å². The van der Waals surface area contributed by atoms with E-state index >= 15 is 0 Å². The fourth-order valence-corrected chi connectivity index (χ4v) is 3.48. The monoisotopic (exact) mass is 431 g/mol. The molecule has 8 nitrogen and oxygen atoms in total. The van der Waals surface area contributed by atoms with Crippen LogP contribution in [0.5, 0.6) is 5.75 Å². The van der Waals surface area contributed by atoms with Crippen LogP contribution in [0.25, 0.3) is 17.0 Å². The van der Waals surface area contributed by atoms with Gasteiger partial charge in [0, 0.05) is 23.0 Å². The second-order valence-corrected chi connectivity index (χ2v) is 7.91. The number of methoxy groups -OCH3 is 1. The number of nitrogens with one attached hydrogen (secondary N) is 1. The molecule has 1 amide bonds. The molecule has 0 aliphatic carbocycles. The van der Waals surface area contributed by atoms with Crippen LogP contribution in [-0.4, -0.2) is 32.2 Å². The van der Waals surface area contributed by atoms with Gasteiger partial charge >= 0.3 is 5.69 Å². The zero-order valence-electron chi connectivity index (χ0n) is 18.5. The van der Waals surface area contributed by atoms with Gasteiger partial charge in [0.25, 0.3) is 0 Å². The van der Waals surface area contributed by atoms with Gasteiger partial charge in [0.1, 0.15) is 18.1 Å². The molecule has 0 spiro atoms. The smallest absolute Gasteiger partial charge is 0.352 e. The molecule has 2 heterocycles. The van der Waals surface area contributed by atoms with Crippen molar-refractivity contribution in [3.8, 4) is 17.1 Å². The van der Waals surface area contributed by atoms with Crippen LogP contribution >= 0.6 is 0 Å². The maximum atomic E-state index is 13.1. The van der Waals surface area contributed by atoms with Crippen LogP contribution in [0.2, 0.25) is 0 Å². The van der Waals surface area contributed by atoms with E-state index in [9.17, 15) is 9.59 Å². The highest BCUT2D eigenvalue weighted by Gasteiger charge is 2.16. The third-order valence-electron chi connectivity index (χ3n) is 5.20. The van der Waals surface area contributed by atoms with Gasteiger partial charge in [-0.1, -0.05) is 26.0 Å². The highest BCUT2D eigenvalue weighted by molar-refractivity contribution is 5.90. The number of benzene rings is 2. The Labute approximate surface area is 185 Å². The van der Waals surface area contributed by atoms with E-state index < -0.39 is 5.69 Å². The molecule has 0 radical (unpaired) electrons. The molecular formula is C24H25N5O3. The van der Waals surface area contributed by atoms with Crippen LogP contribution < -0.4 is 15.7 Å². The standard InChI is InChI=1S/C24H25N5O3/c1-15(2)17-5-9-19(10-6-17)26-22(30)14-28-24(31)29-21(27-28)13-16(3)25-23(29)18-7-11-20(32-4)12-8-18/h5-13,15H,14H2,1-4H3,(H,26,30). The predicted molar refractivity (Wildman–Crippen MR) is 123 cm³/mol. The summed E-state index contributed by atoms with van der Waals surface area (Å²) in [5.74, 6) is 1.25. The molecule has 1 N–H and O–H groups in total. The molecule has 4 aromatic rings. The van der Waals surface area contributed by atoms with Crippen molar-refractivity contribution in [2.24, 2.45) is 0 Å². The van der Waals surface area contributed by atoms with Crippen LogP contribution in [0.4, 0.5) is 5.69 Å². The SMILES string of the molecule is COc1ccc(-c2nc(C)cc3nn(CC(=O)Nc4ccc(C(C)C)cc4)c(=O)n23)cc1. The van der Waals surface area contributed by atoms with Crippen molar-refractivity contribution in [3.05, 3.63) is 76.3 Å². The Morgan fingerprint density at radius 2 is 1.78 bits per heavy atom. The predicted octanol–water partition coefficient (Wildman–Crippen LogP) is 3.64. The van der Waals surface area contributed by atoms with Crippen molar-refractivity contribution in [2.75, 3.05) is 12.4 Å². The molecule has 4 rings (SSSR count). The number of anilines is 1. The molecule has 0 unspecified atom stereocenters. The van der Waals surface area contributed by atoms with Crippen LogP contribution in [0.15, 0.2) is 59.4 Å². The number of rotatable bonds is 6. The van der Waals surface area contributed by atoms with Gasteiger partial charge in [-0.25, -0.2) is 18.9 Å². The summed E-state index contributed by atoms with van der Waals surface area (Å²) in [6.07, 6.45) is 0. The average molecular weight is 431 g/mol. The third-order valence-corrected chi connectivity index (χ3v) is 5.20. The Kier molecular flexibility index (Phi) is 5.77. The Balaban J connectivity index is 1.63. The van der Waals surface area contributed by atoms with Gasteiger partial charge < -0.3 is 10.1 Å². The van der Waals surface area contributed by atoms with Crippen molar-refractivity contribution in [1.82, 2.24) is 19.2 Å².